The van der Waals surface area contributed by atoms with Crippen LogP contribution >= 0.6 is 0 Å². The van der Waals surface area contributed by atoms with Gasteiger partial charge in [-0.3, -0.25) is 14.3 Å². The largest absolute Gasteiger partial charge is 0.367 e. The molecule has 198 valence electrons. The molecule has 37 heavy (non-hydrogen) atoms. The van der Waals surface area contributed by atoms with Gasteiger partial charge in [-0.15, -0.1) is 0 Å². The van der Waals surface area contributed by atoms with Gasteiger partial charge in [-0.05, 0) is 62.9 Å². The Balaban J connectivity index is 1.37. The molecule has 0 aromatic heterocycles. The van der Waals surface area contributed by atoms with Crippen LogP contribution in [0.1, 0.15) is 54.4 Å². The van der Waals surface area contributed by atoms with Crippen molar-refractivity contribution in [2.75, 3.05) is 48.9 Å². The molecule has 0 unspecified atom stereocenters. The van der Waals surface area contributed by atoms with E-state index in [1.165, 1.54) is 0 Å². The predicted octanol–water partition coefficient (Wildman–Crippen LogP) is 3.87. The van der Waals surface area contributed by atoms with Crippen LogP contribution in [-0.2, 0) is 14.8 Å². The van der Waals surface area contributed by atoms with Crippen LogP contribution in [0.25, 0.3) is 0 Å². The van der Waals surface area contributed by atoms with E-state index in [9.17, 15) is 18.0 Å². The molecular weight excluding hydrogens is 488 g/mol. The Labute approximate surface area is 219 Å². The van der Waals surface area contributed by atoms with Gasteiger partial charge in [0.2, 0.25) is 5.91 Å². The smallest absolute Gasteiger partial charge is 0.261 e. The van der Waals surface area contributed by atoms with Crippen LogP contribution < -0.4 is 9.62 Å². The minimum atomic E-state index is -3.79. The Morgan fingerprint density at radius 2 is 1.46 bits per heavy atom. The molecular formula is C28H36N4O4S. The van der Waals surface area contributed by atoms with Crippen molar-refractivity contribution in [2.24, 2.45) is 5.92 Å². The van der Waals surface area contributed by atoms with E-state index in [0.29, 0.717) is 50.5 Å². The van der Waals surface area contributed by atoms with Gasteiger partial charge in [0.15, 0.2) is 0 Å². The van der Waals surface area contributed by atoms with Gasteiger partial charge in [0, 0.05) is 56.6 Å². The zero-order valence-electron chi connectivity index (χ0n) is 21.5. The van der Waals surface area contributed by atoms with Crippen LogP contribution in [0.5, 0.6) is 0 Å². The van der Waals surface area contributed by atoms with Gasteiger partial charge >= 0.3 is 0 Å². The molecule has 2 aliphatic heterocycles. The molecule has 1 aliphatic carbocycles. The first-order valence-corrected chi connectivity index (χ1v) is 14.9. The number of hydrogen-bond donors (Lipinski definition) is 1. The molecule has 0 radical (unpaired) electrons. The molecule has 3 aliphatic rings. The summed E-state index contributed by atoms with van der Waals surface area (Å²) in [4.78, 5) is 32.6. The number of benzene rings is 2. The van der Waals surface area contributed by atoms with Crippen LogP contribution in [0.3, 0.4) is 0 Å². The highest BCUT2D eigenvalue weighted by Gasteiger charge is 2.31. The van der Waals surface area contributed by atoms with Gasteiger partial charge in [-0.25, -0.2) is 8.42 Å². The summed E-state index contributed by atoms with van der Waals surface area (Å²) in [6, 6.07) is 11.9. The second-order valence-electron chi connectivity index (χ2n) is 10.4. The van der Waals surface area contributed by atoms with Crippen molar-refractivity contribution in [3.8, 4) is 0 Å². The van der Waals surface area contributed by atoms with E-state index < -0.39 is 10.0 Å². The lowest BCUT2D eigenvalue weighted by atomic mass is 10.1. The Kier molecular flexibility index (Phi) is 7.42. The standard InChI is InChI=1S/C28H36N4O4S/c1-21-8-11-24(12-9-21)37(35,36)29-23-10-13-26(25(20-23)28(34)31-14-4-5-15-31)30-16-18-32(19-17-30)27(33)22-6-2-3-7-22/h8-13,20,22,29H,2-7,14-19H2,1H3. The number of anilines is 2. The van der Waals surface area contributed by atoms with Crippen LogP contribution in [0.2, 0.25) is 0 Å². The number of nitrogens with zero attached hydrogens (tertiary/aromatic N) is 3. The number of nitrogens with one attached hydrogen (secondary N) is 1. The van der Waals surface area contributed by atoms with Crippen molar-refractivity contribution in [3.63, 3.8) is 0 Å². The fourth-order valence-corrected chi connectivity index (χ4v) is 6.72. The van der Waals surface area contributed by atoms with Crippen LogP contribution in [0, 0.1) is 12.8 Å². The normalized spacial score (nSPS) is 18.9. The summed E-state index contributed by atoms with van der Waals surface area (Å²) in [5, 5.41) is 0. The molecule has 0 bridgehead atoms. The SMILES string of the molecule is Cc1ccc(S(=O)(=O)Nc2ccc(N3CCN(C(=O)C4CCCC4)CC3)c(C(=O)N3CCCC3)c2)cc1. The first kappa shape index (κ1) is 25.6. The molecule has 2 saturated heterocycles. The molecule has 5 rings (SSSR count). The highest BCUT2D eigenvalue weighted by atomic mass is 32.2. The Bertz CT molecular complexity index is 1240. The number of rotatable bonds is 6. The summed E-state index contributed by atoms with van der Waals surface area (Å²) in [5.41, 5.74) is 2.64. The van der Waals surface area contributed by atoms with Gasteiger partial charge in [0.05, 0.1) is 10.5 Å². The number of carbonyl (C=O) groups excluding carboxylic acids is 2. The minimum Gasteiger partial charge on any atom is -0.367 e. The summed E-state index contributed by atoms with van der Waals surface area (Å²) in [6.45, 7) is 5.88. The van der Waals surface area contributed by atoms with Crippen molar-refractivity contribution in [1.29, 1.82) is 0 Å². The summed E-state index contributed by atoms with van der Waals surface area (Å²) in [7, 11) is -3.79. The van der Waals surface area contributed by atoms with E-state index in [-0.39, 0.29) is 22.6 Å². The van der Waals surface area contributed by atoms with Crippen LogP contribution in [0.4, 0.5) is 11.4 Å². The number of carbonyl (C=O) groups is 2. The molecule has 0 spiro atoms. The third-order valence-corrected chi connectivity index (χ3v) is 9.24. The van der Waals surface area contributed by atoms with Crippen molar-refractivity contribution < 1.29 is 18.0 Å². The number of amides is 2. The Hall–Kier alpha value is -3.07. The number of piperazine rings is 1. The van der Waals surface area contributed by atoms with Gasteiger partial charge in [0.25, 0.3) is 15.9 Å². The summed E-state index contributed by atoms with van der Waals surface area (Å²) in [6.07, 6.45) is 6.21. The average Bonchev–Trinajstić information content (AvgIpc) is 3.63. The molecule has 1 N–H and O–H groups in total. The maximum atomic E-state index is 13.5. The van der Waals surface area contributed by atoms with Crippen molar-refractivity contribution >= 4 is 33.2 Å². The molecule has 1 saturated carbocycles. The van der Waals surface area contributed by atoms with E-state index in [1.54, 1.807) is 36.4 Å². The fourth-order valence-electron chi connectivity index (χ4n) is 5.67. The lowest BCUT2D eigenvalue weighted by molar-refractivity contribution is -0.135. The zero-order valence-corrected chi connectivity index (χ0v) is 22.3. The van der Waals surface area contributed by atoms with Crippen molar-refractivity contribution in [2.45, 2.75) is 50.3 Å². The van der Waals surface area contributed by atoms with E-state index in [4.69, 9.17) is 0 Å². The average molecular weight is 525 g/mol. The molecule has 2 heterocycles. The van der Waals surface area contributed by atoms with Crippen LogP contribution in [-0.4, -0.2) is 69.3 Å². The van der Waals surface area contributed by atoms with Gasteiger partial charge in [-0.1, -0.05) is 30.5 Å². The van der Waals surface area contributed by atoms with E-state index in [0.717, 1.165) is 49.8 Å². The predicted molar refractivity (Wildman–Crippen MR) is 144 cm³/mol. The highest BCUT2D eigenvalue weighted by molar-refractivity contribution is 7.92. The molecule has 2 aromatic carbocycles. The maximum absolute atomic E-state index is 13.5. The molecule has 2 aromatic rings. The third kappa shape index (κ3) is 5.61. The molecule has 0 atom stereocenters. The molecule has 2 amide bonds. The number of aryl methyl sites for hydroxylation is 1. The summed E-state index contributed by atoms with van der Waals surface area (Å²) < 4.78 is 28.6. The first-order chi connectivity index (χ1) is 17.8. The van der Waals surface area contributed by atoms with Gasteiger partial charge < -0.3 is 14.7 Å². The number of sulfonamides is 1. The molecule has 8 nitrogen and oxygen atoms in total. The summed E-state index contributed by atoms with van der Waals surface area (Å²) >= 11 is 0. The first-order valence-electron chi connectivity index (χ1n) is 13.4. The van der Waals surface area contributed by atoms with E-state index in [1.807, 2.05) is 22.8 Å². The molecule has 3 fully saturated rings. The second kappa shape index (κ2) is 10.7. The third-order valence-electron chi connectivity index (χ3n) is 7.84. The topological polar surface area (TPSA) is 90.0 Å². The fraction of sp³-hybridized carbons (Fsp3) is 0.500. The maximum Gasteiger partial charge on any atom is 0.261 e. The van der Waals surface area contributed by atoms with Gasteiger partial charge in [-0.2, -0.15) is 0 Å². The number of likely N-dealkylation sites (tertiary alicyclic amines) is 1. The second-order valence-corrected chi connectivity index (χ2v) is 12.1. The Morgan fingerprint density at radius 3 is 2.11 bits per heavy atom. The molecule has 9 heteroatoms. The van der Waals surface area contributed by atoms with E-state index >= 15 is 0 Å². The monoisotopic (exact) mass is 524 g/mol. The minimum absolute atomic E-state index is 0.0756. The number of hydrogen-bond acceptors (Lipinski definition) is 5. The highest BCUT2D eigenvalue weighted by Crippen LogP contribution is 2.31. The van der Waals surface area contributed by atoms with Crippen molar-refractivity contribution in [3.05, 3.63) is 53.6 Å². The van der Waals surface area contributed by atoms with Crippen molar-refractivity contribution in [1.82, 2.24) is 9.80 Å². The summed E-state index contributed by atoms with van der Waals surface area (Å²) in [5.74, 6) is 0.361. The Morgan fingerprint density at radius 1 is 0.811 bits per heavy atom. The van der Waals surface area contributed by atoms with Crippen LogP contribution in [0.15, 0.2) is 47.4 Å². The quantitative estimate of drug-likeness (QED) is 0.620. The lowest BCUT2D eigenvalue weighted by Gasteiger charge is -2.38. The zero-order chi connectivity index (χ0) is 26.0. The van der Waals surface area contributed by atoms with Gasteiger partial charge in [0.1, 0.15) is 0 Å². The lowest BCUT2D eigenvalue weighted by Crippen LogP contribution is -2.50. The van der Waals surface area contributed by atoms with E-state index in [2.05, 4.69) is 9.62 Å².